The molecular formula is C11H14Cl2N2O2S. The van der Waals surface area contributed by atoms with Gasteiger partial charge in [0.25, 0.3) is 5.69 Å². The summed E-state index contributed by atoms with van der Waals surface area (Å²) in [4.78, 5) is 10.4. The zero-order valence-electron chi connectivity index (χ0n) is 10.1. The summed E-state index contributed by atoms with van der Waals surface area (Å²) in [5, 5.41) is 14.9. The molecule has 1 atom stereocenters. The molecule has 0 spiro atoms. The number of hydrogen-bond donors (Lipinski definition) is 1. The van der Waals surface area contributed by atoms with Gasteiger partial charge in [0, 0.05) is 17.9 Å². The summed E-state index contributed by atoms with van der Waals surface area (Å²) >= 11 is 13.4. The molecule has 0 heterocycles. The van der Waals surface area contributed by atoms with Gasteiger partial charge in [-0.25, -0.2) is 0 Å². The third-order valence-corrected chi connectivity index (χ3v) is 4.27. The average Bonchev–Trinajstić information content (AvgIpc) is 2.32. The molecule has 0 radical (unpaired) electrons. The summed E-state index contributed by atoms with van der Waals surface area (Å²) in [6.45, 7) is 2.76. The zero-order valence-corrected chi connectivity index (χ0v) is 12.4. The largest absolute Gasteiger partial charge is 0.379 e. The van der Waals surface area contributed by atoms with Crippen molar-refractivity contribution in [1.82, 2.24) is 0 Å². The molecule has 0 fully saturated rings. The molecule has 0 aliphatic carbocycles. The van der Waals surface area contributed by atoms with Crippen LogP contribution < -0.4 is 5.32 Å². The maximum atomic E-state index is 10.9. The summed E-state index contributed by atoms with van der Waals surface area (Å²) in [6.07, 6.45) is 2.95. The van der Waals surface area contributed by atoms with Crippen LogP contribution in [0.5, 0.6) is 0 Å². The Morgan fingerprint density at radius 2 is 2.06 bits per heavy atom. The fraction of sp³-hybridized carbons (Fsp3) is 0.455. The van der Waals surface area contributed by atoms with Crippen LogP contribution in [0.3, 0.4) is 0 Å². The topological polar surface area (TPSA) is 55.2 Å². The molecule has 0 saturated heterocycles. The first kappa shape index (κ1) is 15.4. The van der Waals surface area contributed by atoms with E-state index in [2.05, 4.69) is 12.2 Å². The number of rotatable bonds is 6. The number of halogens is 2. The highest BCUT2D eigenvalue weighted by Gasteiger charge is 2.16. The number of nitro benzene ring substituents is 1. The van der Waals surface area contributed by atoms with Crippen molar-refractivity contribution in [2.45, 2.75) is 18.6 Å². The lowest BCUT2D eigenvalue weighted by atomic mass is 10.2. The van der Waals surface area contributed by atoms with Crippen LogP contribution in [0.2, 0.25) is 10.0 Å². The first-order chi connectivity index (χ1) is 8.45. The SMILES string of the molecule is CSC(C)CCNc1cc(Cl)c(Cl)cc1[N+](=O)[O-]. The predicted octanol–water partition coefficient (Wildman–Crippen LogP) is 4.46. The van der Waals surface area contributed by atoms with E-state index >= 15 is 0 Å². The van der Waals surface area contributed by atoms with Gasteiger partial charge in [0.15, 0.2) is 0 Å². The highest BCUT2D eigenvalue weighted by atomic mass is 35.5. The standard InChI is InChI=1S/C11H14Cl2N2O2S/c1-7(18-2)3-4-14-10-5-8(12)9(13)6-11(10)15(16)17/h5-7,14H,3-4H2,1-2H3. The number of benzene rings is 1. The van der Waals surface area contributed by atoms with Gasteiger partial charge in [-0.05, 0) is 18.7 Å². The molecular weight excluding hydrogens is 295 g/mol. The Kier molecular flexibility index (Phi) is 6.05. The number of anilines is 1. The molecule has 1 N–H and O–H groups in total. The maximum Gasteiger partial charge on any atom is 0.293 e. The molecule has 0 saturated carbocycles. The van der Waals surface area contributed by atoms with Gasteiger partial charge in [-0.1, -0.05) is 30.1 Å². The summed E-state index contributed by atoms with van der Waals surface area (Å²) in [5.41, 5.74) is 0.351. The zero-order chi connectivity index (χ0) is 13.7. The number of nitrogens with zero attached hydrogens (tertiary/aromatic N) is 1. The molecule has 0 aliphatic rings. The molecule has 0 aromatic heterocycles. The van der Waals surface area contributed by atoms with E-state index in [1.165, 1.54) is 12.1 Å². The minimum absolute atomic E-state index is 0.0544. The molecule has 7 heteroatoms. The van der Waals surface area contributed by atoms with Gasteiger partial charge >= 0.3 is 0 Å². The minimum Gasteiger partial charge on any atom is -0.379 e. The van der Waals surface area contributed by atoms with Crippen molar-refractivity contribution in [3.8, 4) is 0 Å². The molecule has 0 amide bonds. The quantitative estimate of drug-likeness (QED) is 0.623. The number of nitrogens with one attached hydrogen (secondary N) is 1. The van der Waals surface area contributed by atoms with E-state index in [9.17, 15) is 10.1 Å². The maximum absolute atomic E-state index is 10.9. The van der Waals surface area contributed by atoms with Gasteiger partial charge in [-0.3, -0.25) is 10.1 Å². The van der Waals surface area contributed by atoms with E-state index in [-0.39, 0.29) is 10.7 Å². The van der Waals surface area contributed by atoms with Crippen LogP contribution in [0.4, 0.5) is 11.4 Å². The Bertz CT molecular complexity index is 443. The van der Waals surface area contributed by atoms with Crippen LogP contribution in [0.1, 0.15) is 13.3 Å². The van der Waals surface area contributed by atoms with Crippen molar-refractivity contribution in [3.63, 3.8) is 0 Å². The Labute approximate surface area is 120 Å². The second kappa shape index (κ2) is 7.07. The van der Waals surface area contributed by atoms with Gasteiger partial charge in [0.1, 0.15) is 5.69 Å². The molecule has 18 heavy (non-hydrogen) atoms. The summed E-state index contributed by atoms with van der Waals surface area (Å²) in [6, 6.07) is 2.76. The first-order valence-electron chi connectivity index (χ1n) is 5.35. The highest BCUT2D eigenvalue weighted by Crippen LogP contribution is 2.33. The minimum atomic E-state index is -0.470. The Balaban J connectivity index is 2.80. The smallest absolute Gasteiger partial charge is 0.293 e. The lowest BCUT2D eigenvalue weighted by molar-refractivity contribution is -0.383. The molecule has 1 rings (SSSR count). The number of hydrogen-bond acceptors (Lipinski definition) is 4. The second-order valence-electron chi connectivity index (χ2n) is 3.80. The van der Waals surface area contributed by atoms with Gasteiger partial charge < -0.3 is 5.32 Å². The fourth-order valence-electron chi connectivity index (χ4n) is 1.36. The van der Waals surface area contributed by atoms with Crippen molar-refractivity contribution < 1.29 is 4.92 Å². The van der Waals surface area contributed by atoms with E-state index in [0.717, 1.165) is 6.42 Å². The summed E-state index contributed by atoms with van der Waals surface area (Å²) in [5.74, 6) is 0. The third-order valence-electron chi connectivity index (χ3n) is 2.50. The van der Waals surface area contributed by atoms with Crippen LogP contribution in [-0.2, 0) is 0 Å². The van der Waals surface area contributed by atoms with Crippen molar-refractivity contribution in [2.24, 2.45) is 0 Å². The monoisotopic (exact) mass is 308 g/mol. The van der Waals surface area contributed by atoms with E-state index in [4.69, 9.17) is 23.2 Å². The summed E-state index contributed by atoms with van der Waals surface area (Å²) in [7, 11) is 0. The molecule has 1 unspecified atom stereocenters. The van der Waals surface area contributed by atoms with E-state index in [0.29, 0.717) is 22.5 Å². The fourth-order valence-corrected chi connectivity index (χ4v) is 2.03. The van der Waals surface area contributed by atoms with Gasteiger partial charge in [-0.2, -0.15) is 11.8 Å². The Hall–Kier alpha value is -0.650. The van der Waals surface area contributed by atoms with Crippen LogP contribution >= 0.6 is 35.0 Å². The highest BCUT2D eigenvalue weighted by molar-refractivity contribution is 7.99. The average molecular weight is 309 g/mol. The third kappa shape index (κ3) is 4.23. The van der Waals surface area contributed by atoms with Crippen molar-refractivity contribution in [3.05, 3.63) is 32.3 Å². The summed E-state index contributed by atoms with van der Waals surface area (Å²) < 4.78 is 0. The molecule has 100 valence electrons. The van der Waals surface area contributed by atoms with E-state index in [1.807, 2.05) is 6.26 Å². The number of nitro groups is 1. The van der Waals surface area contributed by atoms with Gasteiger partial charge in [0.05, 0.1) is 15.0 Å². The molecule has 4 nitrogen and oxygen atoms in total. The normalized spacial score (nSPS) is 12.2. The van der Waals surface area contributed by atoms with Crippen LogP contribution in [0.25, 0.3) is 0 Å². The van der Waals surface area contributed by atoms with Gasteiger partial charge in [0.2, 0.25) is 0 Å². The van der Waals surface area contributed by atoms with Crippen molar-refractivity contribution >= 4 is 46.3 Å². The molecule has 1 aromatic rings. The first-order valence-corrected chi connectivity index (χ1v) is 7.40. The van der Waals surface area contributed by atoms with Crippen LogP contribution in [0, 0.1) is 10.1 Å². The second-order valence-corrected chi connectivity index (χ2v) is 5.89. The van der Waals surface area contributed by atoms with Crippen LogP contribution in [-0.4, -0.2) is 23.0 Å². The van der Waals surface area contributed by atoms with E-state index < -0.39 is 4.92 Å². The Morgan fingerprint density at radius 3 is 2.61 bits per heavy atom. The lowest BCUT2D eigenvalue weighted by Crippen LogP contribution is -2.09. The van der Waals surface area contributed by atoms with Crippen molar-refractivity contribution in [2.75, 3.05) is 18.1 Å². The molecule has 0 bridgehead atoms. The Morgan fingerprint density at radius 1 is 1.44 bits per heavy atom. The number of thioether (sulfide) groups is 1. The van der Waals surface area contributed by atoms with E-state index in [1.54, 1.807) is 11.8 Å². The predicted molar refractivity (Wildman–Crippen MR) is 79.2 cm³/mol. The molecule has 1 aromatic carbocycles. The van der Waals surface area contributed by atoms with Gasteiger partial charge in [-0.15, -0.1) is 0 Å². The van der Waals surface area contributed by atoms with Crippen LogP contribution in [0.15, 0.2) is 12.1 Å². The van der Waals surface area contributed by atoms with Crippen molar-refractivity contribution in [1.29, 1.82) is 0 Å². The molecule has 0 aliphatic heterocycles. The lowest BCUT2D eigenvalue weighted by Gasteiger charge is -2.11.